The first-order chi connectivity index (χ1) is 14.6. The van der Waals surface area contributed by atoms with E-state index in [1.54, 1.807) is 4.90 Å². The molecule has 0 radical (unpaired) electrons. The molecule has 10 heteroatoms. The van der Waals surface area contributed by atoms with Crippen molar-refractivity contribution in [2.45, 2.75) is 38.2 Å². The summed E-state index contributed by atoms with van der Waals surface area (Å²) in [4.78, 5) is 42.8. The summed E-state index contributed by atoms with van der Waals surface area (Å²) in [6.07, 6.45) is -0.481. The predicted octanol–water partition coefficient (Wildman–Crippen LogP) is 3.85. The summed E-state index contributed by atoms with van der Waals surface area (Å²) in [6.45, 7) is 6.96. The van der Waals surface area contributed by atoms with Crippen LogP contribution in [0.25, 0.3) is 10.9 Å². The van der Waals surface area contributed by atoms with Gasteiger partial charge in [-0.05, 0) is 44.5 Å². The van der Waals surface area contributed by atoms with Gasteiger partial charge in [0.05, 0.1) is 18.3 Å². The van der Waals surface area contributed by atoms with Gasteiger partial charge in [-0.15, -0.1) is 0 Å². The highest BCUT2D eigenvalue weighted by Gasteiger charge is 2.39. The number of fused-ring (bicyclic) bond motifs is 6. The molecule has 2 aromatic rings. The Morgan fingerprint density at radius 3 is 2.84 bits per heavy atom. The number of urea groups is 1. The largest absolute Gasteiger partial charge is 0.492 e. The highest BCUT2D eigenvalue weighted by Crippen LogP contribution is 2.44. The van der Waals surface area contributed by atoms with Gasteiger partial charge in [-0.3, -0.25) is 9.69 Å². The summed E-state index contributed by atoms with van der Waals surface area (Å²) in [5, 5.41) is 3.26. The highest BCUT2D eigenvalue weighted by molar-refractivity contribution is 8.13. The lowest BCUT2D eigenvalue weighted by atomic mass is 10.0. The van der Waals surface area contributed by atoms with Crippen LogP contribution in [0.2, 0.25) is 0 Å². The number of benzene rings is 1. The molecule has 4 rings (SSSR count). The van der Waals surface area contributed by atoms with Gasteiger partial charge in [0.1, 0.15) is 18.0 Å². The zero-order valence-electron chi connectivity index (χ0n) is 18.0. The number of thioether (sulfide) groups is 1. The number of carbonyl (C=O) groups excluding carboxylic acids is 3. The van der Waals surface area contributed by atoms with Crippen LogP contribution in [0.1, 0.15) is 37.3 Å². The molecule has 1 unspecified atom stereocenters. The minimum Gasteiger partial charge on any atom is -0.492 e. The van der Waals surface area contributed by atoms with E-state index in [9.17, 15) is 14.4 Å². The van der Waals surface area contributed by atoms with E-state index >= 15 is 0 Å². The van der Waals surface area contributed by atoms with E-state index < -0.39 is 11.7 Å². The molecule has 2 bridgehead atoms. The molecule has 166 valence electrons. The van der Waals surface area contributed by atoms with E-state index in [1.165, 1.54) is 23.7 Å². The molecule has 0 spiro atoms. The summed E-state index contributed by atoms with van der Waals surface area (Å²) in [6, 6.07) is 5.45. The molecule has 4 amide bonds. The van der Waals surface area contributed by atoms with Crippen LogP contribution in [0.15, 0.2) is 18.2 Å². The normalized spacial score (nSPS) is 18.6. The maximum Gasteiger partial charge on any atom is 0.407 e. The number of hydrogen-bond acceptors (Lipinski definition) is 6. The second-order valence-electron chi connectivity index (χ2n) is 8.60. The highest BCUT2D eigenvalue weighted by atomic mass is 32.2. The van der Waals surface area contributed by atoms with Crippen LogP contribution < -0.4 is 10.1 Å². The Kier molecular flexibility index (Phi) is 5.50. The van der Waals surface area contributed by atoms with E-state index in [0.29, 0.717) is 32.0 Å². The molecule has 2 aliphatic heterocycles. The van der Waals surface area contributed by atoms with Gasteiger partial charge in [-0.25, -0.2) is 9.59 Å². The fourth-order valence-corrected chi connectivity index (χ4v) is 4.87. The van der Waals surface area contributed by atoms with Gasteiger partial charge in [0.25, 0.3) is 5.24 Å². The van der Waals surface area contributed by atoms with Crippen LogP contribution in [-0.2, 0) is 11.3 Å². The Balaban J connectivity index is 1.47. The maximum atomic E-state index is 12.5. The summed E-state index contributed by atoms with van der Waals surface area (Å²) >= 11 is 1.17. The number of hydrogen-bond donors (Lipinski definition) is 2. The van der Waals surface area contributed by atoms with Crippen molar-refractivity contribution in [2.24, 2.45) is 0 Å². The van der Waals surface area contributed by atoms with Crippen molar-refractivity contribution in [1.82, 2.24) is 20.1 Å². The van der Waals surface area contributed by atoms with Crippen LogP contribution in [-0.4, -0.2) is 64.5 Å². The molecule has 1 atom stereocenters. The van der Waals surface area contributed by atoms with Gasteiger partial charge >= 0.3 is 12.1 Å². The van der Waals surface area contributed by atoms with Crippen molar-refractivity contribution < 1.29 is 23.9 Å². The molecule has 0 saturated carbocycles. The molecule has 3 heterocycles. The summed E-state index contributed by atoms with van der Waals surface area (Å²) < 4.78 is 11.0. The molecule has 1 saturated heterocycles. The van der Waals surface area contributed by atoms with Crippen molar-refractivity contribution >= 4 is 40.0 Å². The number of amides is 4. The number of H-pyrrole nitrogens is 1. The van der Waals surface area contributed by atoms with Gasteiger partial charge in [-0.1, -0.05) is 11.8 Å². The predicted molar refractivity (Wildman–Crippen MR) is 117 cm³/mol. The third-order valence-corrected chi connectivity index (χ3v) is 6.21. The van der Waals surface area contributed by atoms with Crippen LogP contribution in [0.5, 0.6) is 5.75 Å². The van der Waals surface area contributed by atoms with Crippen LogP contribution in [0.3, 0.4) is 0 Å². The monoisotopic (exact) mass is 446 g/mol. The Morgan fingerprint density at radius 1 is 1.32 bits per heavy atom. The third kappa shape index (κ3) is 4.43. The first-order valence-corrected chi connectivity index (χ1v) is 11.0. The van der Waals surface area contributed by atoms with Crippen LogP contribution in [0, 0.1) is 0 Å². The average molecular weight is 447 g/mol. The lowest BCUT2D eigenvalue weighted by Gasteiger charge is -2.29. The molecule has 31 heavy (non-hydrogen) atoms. The number of aromatic nitrogens is 1. The van der Waals surface area contributed by atoms with E-state index in [-0.39, 0.29) is 16.5 Å². The Morgan fingerprint density at radius 2 is 2.10 bits per heavy atom. The molecule has 1 aromatic heterocycles. The number of carbonyl (C=O) groups is 3. The molecule has 2 N–H and O–H groups in total. The molecule has 9 nitrogen and oxygen atoms in total. The summed E-state index contributed by atoms with van der Waals surface area (Å²) in [5.74, 6) is 0.667. The van der Waals surface area contributed by atoms with Crippen molar-refractivity contribution in [3.05, 3.63) is 29.5 Å². The molecular formula is C21H26N4O5S. The van der Waals surface area contributed by atoms with Crippen molar-refractivity contribution in [3.63, 3.8) is 0 Å². The number of ether oxygens (including phenoxy) is 2. The number of rotatable bonds is 4. The number of nitrogens with zero attached hydrogens (tertiary/aromatic N) is 2. The molecular weight excluding hydrogens is 420 g/mol. The Hall–Kier alpha value is -2.88. The molecule has 1 fully saturated rings. The average Bonchev–Trinajstić information content (AvgIpc) is 3.03. The first-order valence-electron chi connectivity index (χ1n) is 10.1. The Bertz CT molecular complexity index is 1040. The number of imide groups is 1. The zero-order valence-corrected chi connectivity index (χ0v) is 18.8. The van der Waals surface area contributed by atoms with Gasteiger partial charge in [0.15, 0.2) is 0 Å². The topological polar surface area (TPSA) is 104 Å². The summed E-state index contributed by atoms with van der Waals surface area (Å²) in [5.41, 5.74) is 2.38. The first kappa shape index (κ1) is 21.4. The molecule has 2 aliphatic rings. The van der Waals surface area contributed by atoms with Crippen molar-refractivity contribution in [3.8, 4) is 5.75 Å². The number of aromatic amines is 1. The standard InChI is InChI=1S/C21H26N4O5S/c1-21(2,3)30-18(26)22-7-8-29-12-5-6-14-13(9-12)17-15(23-14)10-25-11-16(17)31-20(28)24(4)19(25)27/h5-6,9,16,23H,7-8,10-11H2,1-4H3,(H,22,26). The lowest BCUT2D eigenvalue weighted by molar-refractivity contribution is 0.0520. The SMILES string of the molecule is CN1C(=O)SC2CN(Cc3[nH]c4ccc(OCCNC(=O)OC(C)(C)C)cc4c32)C1=O. The van der Waals surface area contributed by atoms with Crippen molar-refractivity contribution in [2.75, 3.05) is 26.7 Å². The van der Waals surface area contributed by atoms with Crippen LogP contribution >= 0.6 is 11.8 Å². The van der Waals surface area contributed by atoms with Gasteiger partial charge < -0.3 is 24.7 Å². The zero-order chi connectivity index (χ0) is 22.3. The quantitative estimate of drug-likeness (QED) is 0.692. The maximum absolute atomic E-state index is 12.5. The van der Waals surface area contributed by atoms with E-state index in [0.717, 1.165) is 22.2 Å². The second-order valence-corrected chi connectivity index (χ2v) is 9.75. The fraction of sp³-hybridized carbons (Fsp3) is 0.476. The molecule has 1 aromatic carbocycles. The third-order valence-electron chi connectivity index (χ3n) is 5.06. The molecule has 0 aliphatic carbocycles. The number of alkyl carbamates (subject to hydrolysis) is 1. The minimum absolute atomic E-state index is 0.136. The smallest absolute Gasteiger partial charge is 0.407 e. The van der Waals surface area contributed by atoms with E-state index in [2.05, 4.69) is 10.3 Å². The lowest BCUT2D eigenvalue weighted by Crippen LogP contribution is -2.42. The van der Waals surface area contributed by atoms with Crippen molar-refractivity contribution in [1.29, 1.82) is 0 Å². The number of nitrogens with one attached hydrogen (secondary N) is 2. The second kappa shape index (κ2) is 7.99. The Labute approximate surface area is 184 Å². The van der Waals surface area contributed by atoms with Gasteiger partial charge in [0, 0.05) is 30.2 Å². The van der Waals surface area contributed by atoms with Gasteiger partial charge in [0.2, 0.25) is 0 Å². The van der Waals surface area contributed by atoms with E-state index in [4.69, 9.17) is 9.47 Å². The minimum atomic E-state index is -0.546. The van der Waals surface area contributed by atoms with E-state index in [1.807, 2.05) is 39.0 Å². The van der Waals surface area contributed by atoms with Gasteiger partial charge in [-0.2, -0.15) is 0 Å². The van der Waals surface area contributed by atoms with Crippen LogP contribution in [0.4, 0.5) is 14.4 Å². The summed E-state index contributed by atoms with van der Waals surface area (Å²) in [7, 11) is 1.52. The fourth-order valence-electron chi connectivity index (χ4n) is 3.75.